The van der Waals surface area contributed by atoms with Crippen LogP contribution in [0.1, 0.15) is 84.5 Å². The van der Waals surface area contributed by atoms with Crippen molar-refractivity contribution in [2.24, 2.45) is 11.8 Å². The van der Waals surface area contributed by atoms with Gasteiger partial charge in [-0.05, 0) is 37.7 Å². The number of aldehydes is 1. The lowest BCUT2D eigenvalue weighted by Gasteiger charge is -2.24. The second kappa shape index (κ2) is 13.9. The SMILES string of the molecule is CCCCCCCCC(/C=C/C=C/[C@@H]1CCCC[C@H]1C=O)OC(C)=O. The molecule has 25 heavy (non-hydrogen) atoms. The molecule has 0 aromatic rings. The Kier molecular flexibility index (Phi) is 12.0. The Labute approximate surface area is 153 Å². The predicted molar refractivity (Wildman–Crippen MR) is 103 cm³/mol. The van der Waals surface area contributed by atoms with Crippen molar-refractivity contribution >= 4 is 12.3 Å². The van der Waals surface area contributed by atoms with Crippen molar-refractivity contribution in [2.75, 3.05) is 0 Å². The third kappa shape index (κ3) is 10.3. The Balaban J connectivity index is 2.39. The van der Waals surface area contributed by atoms with Crippen LogP contribution in [0.25, 0.3) is 0 Å². The number of hydrogen-bond donors (Lipinski definition) is 0. The van der Waals surface area contributed by atoms with Gasteiger partial charge in [0.05, 0.1) is 0 Å². The largest absolute Gasteiger partial charge is 0.458 e. The molecule has 0 aromatic carbocycles. The van der Waals surface area contributed by atoms with E-state index in [-0.39, 0.29) is 18.0 Å². The highest BCUT2D eigenvalue weighted by Crippen LogP contribution is 2.29. The number of rotatable bonds is 12. The molecule has 0 N–H and O–H groups in total. The summed E-state index contributed by atoms with van der Waals surface area (Å²) < 4.78 is 5.40. The van der Waals surface area contributed by atoms with Gasteiger partial charge in [0.1, 0.15) is 12.4 Å². The maximum absolute atomic E-state index is 11.3. The average Bonchev–Trinajstić information content (AvgIpc) is 2.61. The second-order valence-corrected chi connectivity index (χ2v) is 7.22. The molecule has 0 spiro atoms. The molecule has 142 valence electrons. The molecule has 0 aliphatic heterocycles. The summed E-state index contributed by atoms with van der Waals surface area (Å²) in [6.07, 6.45) is 21.9. The number of unbranched alkanes of at least 4 members (excludes halogenated alkanes) is 5. The van der Waals surface area contributed by atoms with Gasteiger partial charge in [0.25, 0.3) is 0 Å². The van der Waals surface area contributed by atoms with E-state index in [1.54, 1.807) is 0 Å². The minimum atomic E-state index is -0.224. The highest BCUT2D eigenvalue weighted by atomic mass is 16.5. The first-order valence-electron chi connectivity index (χ1n) is 10.1. The third-order valence-electron chi connectivity index (χ3n) is 5.00. The van der Waals surface area contributed by atoms with E-state index in [0.717, 1.165) is 38.4 Å². The van der Waals surface area contributed by atoms with Gasteiger partial charge in [0.2, 0.25) is 0 Å². The van der Waals surface area contributed by atoms with Crippen LogP contribution in [-0.4, -0.2) is 18.4 Å². The number of esters is 1. The quantitative estimate of drug-likeness (QED) is 0.194. The van der Waals surface area contributed by atoms with Crippen LogP contribution < -0.4 is 0 Å². The van der Waals surface area contributed by atoms with E-state index in [1.165, 1.54) is 45.4 Å². The molecular formula is C22H36O3. The number of allylic oxidation sites excluding steroid dienone is 3. The van der Waals surface area contributed by atoms with E-state index >= 15 is 0 Å². The standard InChI is InChI=1S/C22H36O3/c1-3-4-5-6-7-8-16-22(25-19(2)24)17-12-11-14-20-13-9-10-15-21(20)18-23/h11-12,14,17-18,20-22H,3-10,13,15-16H2,1-2H3/b14-11+,17-12+/t20-,21-,22?/m0/s1. The van der Waals surface area contributed by atoms with Gasteiger partial charge in [0.15, 0.2) is 0 Å². The van der Waals surface area contributed by atoms with Crippen molar-refractivity contribution in [3.05, 3.63) is 24.3 Å². The number of ether oxygens (including phenoxy) is 1. The first kappa shape index (κ1) is 21.7. The Morgan fingerprint density at radius 2 is 1.72 bits per heavy atom. The molecule has 1 aliphatic rings. The second-order valence-electron chi connectivity index (χ2n) is 7.22. The summed E-state index contributed by atoms with van der Waals surface area (Å²) in [4.78, 5) is 22.4. The minimum absolute atomic E-state index is 0.137. The van der Waals surface area contributed by atoms with Crippen LogP contribution in [0.15, 0.2) is 24.3 Å². The fraction of sp³-hybridized carbons (Fsp3) is 0.727. The summed E-state index contributed by atoms with van der Waals surface area (Å²) in [5.41, 5.74) is 0. The zero-order valence-corrected chi connectivity index (χ0v) is 16.1. The number of hydrogen-bond acceptors (Lipinski definition) is 3. The van der Waals surface area contributed by atoms with Crippen LogP contribution in [0.4, 0.5) is 0 Å². The fourth-order valence-electron chi connectivity index (χ4n) is 3.52. The normalized spacial score (nSPS) is 22.3. The van der Waals surface area contributed by atoms with E-state index in [4.69, 9.17) is 4.74 Å². The van der Waals surface area contributed by atoms with Crippen LogP contribution in [0.3, 0.4) is 0 Å². The van der Waals surface area contributed by atoms with Crippen molar-refractivity contribution in [3.63, 3.8) is 0 Å². The minimum Gasteiger partial charge on any atom is -0.458 e. The molecule has 0 amide bonds. The van der Waals surface area contributed by atoms with Crippen LogP contribution in [0.5, 0.6) is 0 Å². The van der Waals surface area contributed by atoms with Gasteiger partial charge in [0, 0.05) is 12.8 Å². The van der Waals surface area contributed by atoms with Gasteiger partial charge in [-0.2, -0.15) is 0 Å². The predicted octanol–water partition coefficient (Wildman–Crippen LogP) is 5.79. The molecule has 0 bridgehead atoms. The summed E-state index contributed by atoms with van der Waals surface area (Å²) in [6.45, 7) is 3.69. The van der Waals surface area contributed by atoms with Crippen molar-refractivity contribution < 1.29 is 14.3 Å². The molecule has 0 radical (unpaired) electrons. The van der Waals surface area contributed by atoms with Crippen molar-refractivity contribution in [1.29, 1.82) is 0 Å². The molecule has 1 unspecified atom stereocenters. The molecule has 3 heteroatoms. The van der Waals surface area contributed by atoms with E-state index in [0.29, 0.717) is 5.92 Å². The maximum Gasteiger partial charge on any atom is 0.303 e. The van der Waals surface area contributed by atoms with Gasteiger partial charge >= 0.3 is 5.97 Å². The van der Waals surface area contributed by atoms with Gasteiger partial charge < -0.3 is 9.53 Å². The Hall–Kier alpha value is -1.38. The Bertz CT molecular complexity index is 425. The van der Waals surface area contributed by atoms with E-state index in [1.807, 2.05) is 18.2 Å². The smallest absolute Gasteiger partial charge is 0.303 e. The number of carbonyl (C=O) groups is 2. The summed E-state index contributed by atoms with van der Waals surface area (Å²) in [5.74, 6) is 0.311. The molecule has 1 aliphatic carbocycles. The topological polar surface area (TPSA) is 43.4 Å². The van der Waals surface area contributed by atoms with Gasteiger partial charge in [-0.3, -0.25) is 4.79 Å². The van der Waals surface area contributed by atoms with Crippen molar-refractivity contribution in [3.8, 4) is 0 Å². The van der Waals surface area contributed by atoms with Crippen LogP contribution in [0.2, 0.25) is 0 Å². The Morgan fingerprint density at radius 1 is 1.04 bits per heavy atom. The van der Waals surface area contributed by atoms with Crippen molar-refractivity contribution in [2.45, 2.75) is 90.6 Å². The van der Waals surface area contributed by atoms with E-state index in [2.05, 4.69) is 13.0 Å². The van der Waals surface area contributed by atoms with E-state index in [9.17, 15) is 9.59 Å². The maximum atomic E-state index is 11.3. The zero-order chi connectivity index (χ0) is 18.3. The summed E-state index contributed by atoms with van der Waals surface area (Å²) in [5, 5.41) is 0. The molecule has 3 nitrogen and oxygen atoms in total. The molecule has 0 heterocycles. The molecule has 3 atom stereocenters. The average molecular weight is 349 g/mol. The summed E-state index contributed by atoms with van der Waals surface area (Å²) in [7, 11) is 0. The highest BCUT2D eigenvalue weighted by molar-refractivity contribution is 5.66. The van der Waals surface area contributed by atoms with E-state index < -0.39 is 0 Å². The van der Waals surface area contributed by atoms with Crippen LogP contribution >= 0.6 is 0 Å². The van der Waals surface area contributed by atoms with Crippen LogP contribution in [-0.2, 0) is 14.3 Å². The molecule has 0 aromatic heterocycles. The molecule has 1 saturated carbocycles. The first-order chi connectivity index (χ1) is 12.2. The molecule has 0 saturated heterocycles. The highest BCUT2D eigenvalue weighted by Gasteiger charge is 2.21. The van der Waals surface area contributed by atoms with Gasteiger partial charge in [-0.1, -0.05) is 70.1 Å². The lowest BCUT2D eigenvalue weighted by atomic mass is 9.80. The lowest BCUT2D eigenvalue weighted by molar-refractivity contribution is -0.144. The lowest BCUT2D eigenvalue weighted by Crippen LogP contribution is -2.18. The zero-order valence-electron chi connectivity index (χ0n) is 16.1. The molecular weight excluding hydrogens is 312 g/mol. The first-order valence-corrected chi connectivity index (χ1v) is 10.1. The van der Waals surface area contributed by atoms with Gasteiger partial charge in [-0.25, -0.2) is 0 Å². The molecule has 1 fully saturated rings. The van der Waals surface area contributed by atoms with Crippen LogP contribution in [0, 0.1) is 11.8 Å². The number of carbonyl (C=O) groups excluding carboxylic acids is 2. The monoisotopic (exact) mass is 348 g/mol. The third-order valence-corrected chi connectivity index (χ3v) is 5.00. The Morgan fingerprint density at radius 3 is 2.40 bits per heavy atom. The fourth-order valence-corrected chi connectivity index (χ4v) is 3.52. The molecule has 1 rings (SSSR count). The summed E-state index contributed by atoms with van der Waals surface area (Å²) in [6, 6.07) is 0. The summed E-state index contributed by atoms with van der Waals surface area (Å²) >= 11 is 0. The van der Waals surface area contributed by atoms with Crippen molar-refractivity contribution in [1.82, 2.24) is 0 Å². The van der Waals surface area contributed by atoms with Gasteiger partial charge in [-0.15, -0.1) is 0 Å².